The van der Waals surface area contributed by atoms with Gasteiger partial charge in [-0.15, -0.1) is 5.10 Å². The molecule has 0 bridgehead atoms. The number of aromatic amines is 1. The molecule has 1 amide bonds. The summed E-state index contributed by atoms with van der Waals surface area (Å²) in [5.74, 6) is -0.642. The molecule has 8 nitrogen and oxygen atoms in total. The van der Waals surface area contributed by atoms with Crippen molar-refractivity contribution in [2.24, 2.45) is 0 Å². The maximum absolute atomic E-state index is 12.0. The molecule has 2 rings (SSSR count). The molecule has 0 aliphatic heterocycles. The second-order valence-corrected chi connectivity index (χ2v) is 5.17. The number of H-pyrrole nitrogens is 1. The zero-order chi connectivity index (χ0) is 15.9. The summed E-state index contributed by atoms with van der Waals surface area (Å²) in [6.45, 7) is 0. The molecule has 1 aromatic carbocycles. The second-order valence-electron chi connectivity index (χ2n) is 4.23. The number of aromatic nitrogens is 3. The van der Waals surface area contributed by atoms with Gasteiger partial charge in [-0.2, -0.15) is 4.98 Å². The third-order valence-electron chi connectivity index (χ3n) is 2.69. The lowest BCUT2D eigenvalue weighted by Crippen LogP contribution is -2.35. The summed E-state index contributed by atoms with van der Waals surface area (Å²) >= 11 is 1.11. The molecule has 0 spiro atoms. The summed E-state index contributed by atoms with van der Waals surface area (Å²) in [6, 6.07) is 8.01. The van der Waals surface area contributed by atoms with Crippen molar-refractivity contribution in [2.75, 3.05) is 18.6 Å². The van der Waals surface area contributed by atoms with Gasteiger partial charge in [0.1, 0.15) is 0 Å². The van der Waals surface area contributed by atoms with Gasteiger partial charge >= 0.3 is 5.97 Å². The number of hydrogen-bond donors (Lipinski definition) is 3. The standard InChI is InChI=1S/C13H15N5O3S/c1-21-11(20)10(8-5-3-2-4-6-8)15-9(19)7-22-13-16-12(14)17-18-13/h2-6,10H,7H2,1H3,(H,15,19)(H3,14,16,17,18). The highest BCUT2D eigenvalue weighted by Gasteiger charge is 2.23. The van der Waals surface area contributed by atoms with Gasteiger partial charge in [0.25, 0.3) is 0 Å². The lowest BCUT2D eigenvalue weighted by Gasteiger charge is -2.16. The van der Waals surface area contributed by atoms with Crippen LogP contribution >= 0.6 is 11.8 Å². The number of esters is 1. The van der Waals surface area contributed by atoms with Crippen LogP contribution in [0, 0.1) is 0 Å². The molecule has 1 unspecified atom stereocenters. The fourth-order valence-electron chi connectivity index (χ4n) is 1.70. The first kappa shape index (κ1) is 15.8. The predicted molar refractivity (Wildman–Crippen MR) is 80.9 cm³/mol. The van der Waals surface area contributed by atoms with Gasteiger partial charge in [-0.3, -0.25) is 4.79 Å². The monoisotopic (exact) mass is 321 g/mol. The van der Waals surface area contributed by atoms with Crippen LogP contribution in [0.1, 0.15) is 11.6 Å². The van der Waals surface area contributed by atoms with Gasteiger partial charge in [0, 0.05) is 0 Å². The van der Waals surface area contributed by atoms with Crippen LogP contribution in [0.3, 0.4) is 0 Å². The van der Waals surface area contributed by atoms with E-state index in [2.05, 4.69) is 20.5 Å². The van der Waals surface area contributed by atoms with E-state index >= 15 is 0 Å². The summed E-state index contributed by atoms with van der Waals surface area (Å²) < 4.78 is 4.73. The molecule has 1 heterocycles. The average molecular weight is 321 g/mol. The fraction of sp³-hybridized carbons (Fsp3) is 0.231. The Hall–Kier alpha value is -2.55. The number of thioether (sulfide) groups is 1. The van der Waals surface area contributed by atoms with Crippen molar-refractivity contribution in [2.45, 2.75) is 11.2 Å². The maximum Gasteiger partial charge on any atom is 0.333 e. The van der Waals surface area contributed by atoms with E-state index in [0.29, 0.717) is 10.7 Å². The summed E-state index contributed by atoms with van der Waals surface area (Å²) in [4.78, 5) is 27.7. The number of nitrogens with one attached hydrogen (secondary N) is 2. The van der Waals surface area contributed by atoms with Crippen molar-refractivity contribution in [1.82, 2.24) is 20.5 Å². The van der Waals surface area contributed by atoms with Gasteiger partial charge in [0.2, 0.25) is 17.0 Å². The van der Waals surface area contributed by atoms with Gasteiger partial charge in [0.05, 0.1) is 12.9 Å². The van der Waals surface area contributed by atoms with Gasteiger partial charge in [-0.1, -0.05) is 42.1 Å². The highest BCUT2D eigenvalue weighted by Crippen LogP contribution is 2.16. The number of carbonyl (C=O) groups is 2. The molecule has 0 aliphatic rings. The van der Waals surface area contributed by atoms with Crippen molar-refractivity contribution >= 4 is 29.6 Å². The highest BCUT2D eigenvalue weighted by molar-refractivity contribution is 7.99. The van der Waals surface area contributed by atoms with E-state index in [1.165, 1.54) is 7.11 Å². The Kier molecular flexibility index (Phi) is 5.37. The number of methoxy groups -OCH3 is 1. The van der Waals surface area contributed by atoms with Gasteiger partial charge < -0.3 is 15.8 Å². The molecule has 116 valence electrons. The summed E-state index contributed by atoms with van der Waals surface area (Å²) in [5.41, 5.74) is 6.04. The third-order valence-corrected chi connectivity index (χ3v) is 3.54. The lowest BCUT2D eigenvalue weighted by atomic mass is 10.1. The summed E-state index contributed by atoms with van der Waals surface area (Å²) in [7, 11) is 1.27. The number of nitrogens with zero attached hydrogens (tertiary/aromatic N) is 2. The first-order valence-corrected chi connectivity index (χ1v) is 7.31. The van der Waals surface area contributed by atoms with Crippen molar-refractivity contribution in [3.63, 3.8) is 0 Å². The minimum Gasteiger partial charge on any atom is -0.467 e. The minimum atomic E-state index is -0.850. The van der Waals surface area contributed by atoms with E-state index in [1.54, 1.807) is 24.3 Å². The predicted octanol–water partition coefficient (Wildman–Crippen LogP) is 0.509. The fourth-order valence-corrected chi connectivity index (χ4v) is 2.31. The molecule has 9 heteroatoms. The third kappa shape index (κ3) is 4.22. The van der Waals surface area contributed by atoms with Crippen molar-refractivity contribution in [1.29, 1.82) is 0 Å². The molecule has 0 saturated carbocycles. The Morgan fingerprint density at radius 2 is 2.14 bits per heavy atom. The molecular weight excluding hydrogens is 306 g/mol. The van der Waals surface area contributed by atoms with E-state index in [4.69, 9.17) is 10.5 Å². The van der Waals surface area contributed by atoms with E-state index in [0.717, 1.165) is 11.8 Å². The average Bonchev–Trinajstić information content (AvgIpc) is 2.96. The number of amides is 1. The number of nitrogen functional groups attached to an aromatic ring is 1. The molecule has 0 aliphatic carbocycles. The van der Waals surface area contributed by atoms with Crippen molar-refractivity contribution in [3.05, 3.63) is 35.9 Å². The number of ether oxygens (including phenoxy) is 1. The maximum atomic E-state index is 12.0. The molecule has 4 N–H and O–H groups in total. The van der Waals surface area contributed by atoms with Crippen LogP contribution in [0.4, 0.5) is 5.95 Å². The Morgan fingerprint density at radius 1 is 1.41 bits per heavy atom. The van der Waals surface area contributed by atoms with Crippen LogP contribution in [0.2, 0.25) is 0 Å². The zero-order valence-corrected chi connectivity index (χ0v) is 12.6. The molecule has 0 radical (unpaired) electrons. The largest absolute Gasteiger partial charge is 0.467 e. The second kappa shape index (κ2) is 7.46. The Morgan fingerprint density at radius 3 is 2.73 bits per heavy atom. The number of anilines is 1. The first-order chi connectivity index (χ1) is 10.6. The minimum absolute atomic E-state index is 0.0532. The van der Waals surface area contributed by atoms with Gasteiger partial charge in [-0.25, -0.2) is 9.89 Å². The number of nitrogens with two attached hydrogens (primary N) is 1. The molecule has 22 heavy (non-hydrogen) atoms. The summed E-state index contributed by atoms with van der Waals surface area (Å²) in [5, 5.41) is 9.28. The van der Waals surface area contributed by atoms with E-state index < -0.39 is 12.0 Å². The molecule has 0 fully saturated rings. The van der Waals surface area contributed by atoms with E-state index in [9.17, 15) is 9.59 Å². The van der Waals surface area contributed by atoms with Gasteiger partial charge in [0.15, 0.2) is 6.04 Å². The molecule has 0 saturated heterocycles. The number of rotatable bonds is 6. The van der Waals surface area contributed by atoms with Crippen LogP contribution in [-0.4, -0.2) is 39.9 Å². The Bertz CT molecular complexity index is 646. The zero-order valence-electron chi connectivity index (χ0n) is 11.8. The summed E-state index contributed by atoms with van der Waals surface area (Å²) in [6.07, 6.45) is 0. The van der Waals surface area contributed by atoms with Crippen LogP contribution in [0.25, 0.3) is 0 Å². The molecular formula is C13H15N5O3S. The van der Waals surface area contributed by atoms with Gasteiger partial charge in [-0.05, 0) is 5.56 Å². The molecule has 1 atom stereocenters. The van der Waals surface area contributed by atoms with E-state index in [1.807, 2.05) is 6.07 Å². The SMILES string of the molecule is COC(=O)C(NC(=O)CSc1n[nH]c(N)n1)c1ccccc1. The van der Waals surface area contributed by atoms with Crippen LogP contribution in [-0.2, 0) is 14.3 Å². The van der Waals surface area contributed by atoms with Crippen LogP contribution in [0.5, 0.6) is 0 Å². The quantitative estimate of drug-likeness (QED) is 0.523. The van der Waals surface area contributed by atoms with Crippen LogP contribution < -0.4 is 11.1 Å². The van der Waals surface area contributed by atoms with Crippen LogP contribution in [0.15, 0.2) is 35.5 Å². The van der Waals surface area contributed by atoms with Crippen molar-refractivity contribution < 1.29 is 14.3 Å². The number of hydrogen-bond acceptors (Lipinski definition) is 7. The molecule has 2 aromatic rings. The normalized spacial score (nSPS) is 11.7. The van der Waals surface area contributed by atoms with E-state index in [-0.39, 0.29) is 17.6 Å². The molecule has 1 aromatic heterocycles. The Labute approximate surface area is 130 Å². The topological polar surface area (TPSA) is 123 Å². The Balaban J connectivity index is 1.98. The number of benzene rings is 1. The first-order valence-electron chi connectivity index (χ1n) is 6.33. The lowest BCUT2D eigenvalue weighted by molar-refractivity contribution is -0.145. The smallest absolute Gasteiger partial charge is 0.333 e. The highest BCUT2D eigenvalue weighted by atomic mass is 32.2. The number of carbonyl (C=O) groups excluding carboxylic acids is 2. The van der Waals surface area contributed by atoms with Crippen molar-refractivity contribution in [3.8, 4) is 0 Å².